The summed E-state index contributed by atoms with van der Waals surface area (Å²) in [5.41, 5.74) is -7.68. The lowest BCUT2D eigenvalue weighted by Crippen LogP contribution is -2.69. The van der Waals surface area contributed by atoms with Crippen LogP contribution in [0.2, 0.25) is 0 Å². The van der Waals surface area contributed by atoms with E-state index in [1.165, 1.54) is 26.8 Å². The Labute approximate surface area is 259 Å². The van der Waals surface area contributed by atoms with E-state index in [9.17, 15) is 39.6 Å². The van der Waals surface area contributed by atoms with Crippen molar-refractivity contribution in [1.82, 2.24) is 0 Å². The number of esters is 3. The van der Waals surface area contributed by atoms with Crippen LogP contribution in [0.5, 0.6) is 0 Å². The molecule has 0 aromatic rings. The van der Waals surface area contributed by atoms with Crippen molar-refractivity contribution in [3.63, 3.8) is 0 Å². The monoisotopic (exact) mass is 622 g/mol. The lowest BCUT2D eigenvalue weighted by molar-refractivity contribution is -0.223. The number of carbonyl (C=O) groups is 4. The van der Waals surface area contributed by atoms with Crippen LogP contribution in [-0.4, -0.2) is 84.8 Å². The van der Waals surface area contributed by atoms with Gasteiger partial charge in [0.1, 0.15) is 29.5 Å². The van der Waals surface area contributed by atoms with E-state index < -0.39 is 87.1 Å². The molecule has 0 unspecified atom stereocenters. The summed E-state index contributed by atoms with van der Waals surface area (Å²) in [6.07, 6.45) is 0.239. The summed E-state index contributed by atoms with van der Waals surface area (Å²) in [6.45, 7) is 12.3. The standard InChI is InChI=1S/C33H50O11/c1-18(34)42-23-16-30(7)21-9-13-29(6)25(31(8,39)27(44-20(3)36)11-12-28(4,5)38)10-14-32(29,40)22(21)15-26(37)33(30,41)17-24(23)43-19(2)35/h15,21,23-25,27,38-41H,9-14,16-17H2,1-8H3/t21-,23-,24+,25-,27+,29+,30+,31+,32+,33+/m0/s1. The van der Waals surface area contributed by atoms with Gasteiger partial charge < -0.3 is 34.6 Å². The van der Waals surface area contributed by atoms with E-state index in [0.29, 0.717) is 24.8 Å². The molecule has 0 saturated heterocycles. The molecule has 0 radical (unpaired) electrons. The molecular formula is C33H50O11. The van der Waals surface area contributed by atoms with Crippen LogP contribution in [-0.2, 0) is 33.4 Å². The maximum Gasteiger partial charge on any atom is 0.303 e. The average Bonchev–Trinajstić information content (AvgIpc) is 3.15. The molecule has 0 aromatic heterocycles. The molecular weight excluding hydrogens is 572 g/mol. The van der Waals surface area contributed by atoms with Crippen LogP contribution in [0.3, 0.4) is 0 Å². The summed E-state index contributed by atoms with van der Waals surface area (Å²) < 4.78 is 16.6. The summed E-state index contributed by atoms with van der Waals surface area (Å²) in [4.78, 5) is 49.9. The van der Waals surface area contributed by atoms with Gasteiger partial charge in [-0.2, -0.15) is 0 Å². The minimum Gasteiger partial charge on any atom is -0.459 e. The molecule has 0 amide bonds. The molecule has 0 heterocycles. The summed E-state index contributed by atoms with van der Waals surface area (Å²) >= 11 is 0. The zero-order valence-corrected chi connectivity index (χ0v) is 27.3. The fourth-order valence-electron chi connectivity index (χ4n) is 9.30. The highest BCUT2D eigenvalue weighted by Crippen LogP contribution is 2.69. The first-order valence-electron chi connectivity index (χ1n) is 15.7. The van der Waals surface area contributed by atoms with Gasteiger partial charge in [0.05, 0.1) is 11.2 Å². The molecule has 11 heteroatoms. The Hall–Kier alpha value is -2.34. The number of rotatable bonds is 8. The third kappa shape index (κ3) is 5.52. The van der Waals surface area contributed by atoms with Gasteiger partial charge in [-0.15, -0.1) is 0 Å². The molecule has 0 aliphatic heterocycles. The first-order chi connectivity index (χ1) is 20.0. The van der Waals surface area contributed by atoms with E-state index in [1.54, 1.807) is 27.7 Å². The van der Waals surface area contributed by atoms with Crippen molar-refractivity contribution in [2.45, 2.75) is 147 Å². The van der Waals surface area contributed by atoms with Crippen molar-refractivity contribution >= 4 is 23.7 Å². The van der Waals surface area contributed by atoms with Gasteiger partial charge in [0.2, 0.25) is 0 Å². The van der Waals surface area contributed by atoms with E-state index in [1.807, 2.05) is 6.92 Å². The second-order valence-electron chi connectivity index (χ2n) is 15.1. The van der Waals surface area contributed by atoms with Crippen LogP contribution >= 0.6 is 0 Å². The number of carbonyl (C=O) groups excluding carboxylic acids is 4. The smallest absolute Gasteiger partial charge is 0.303 e. The number of fused-ring (bicyclic) bond motifs is 5. The minimum absolute atomic E-state index is 0.0359. The van der Waals surface area contributed by atoms with Gasteiger partial charge in [0.25, 0.3) is 0 Å². The first-order valence-corrected chi connectivity index (χ1v) is 15.7. The van der Waals surface area contributed by atoms with Crippen LogP contribution in [0, 0.1) is 22.7 Å². The average molecular weight is 623 g/mol. The third-order valence-electron chi connectivity index (χ3n) is 11.6. The van der Waals surface area contributed by atoms with Crippen molar-refractivity contribution in [3.8, 4) is 0 Å². The molecule has 11 nitrogen and oxygen atoms in total. The predicted octanol–water partition coefficient (Wildman–Crippen LogP) is 2.68. The maximum atomic E-state index is 13.9. The van der Waals surface area contributed by atoms with Gasteiger partial charge in [0.15, 0.2) is 5.78 Å². The SMILES string of the molecule is CC(=O)O[C@H]1C[C@]2(C)[C@H]3CC[C@]4(C)[C@@H]([C@@](C)(O)[C@@H](CCC(C)(C)O)OC(C)=O)CC[C@@]4(O)C3=CC(=O)[C@]2(O)C[C@H]1OC(C)=O. The molecule has 3 saturated carbocycles. The third-order valence-corrected chi connectivity index (χ3v) is 11.6. The zero-order valence-electron chi connectivity index (χ0n) is 27.3. The Morgan fingerprint density at radius 1 is 0.886 bits per heavy atom. The lowest BCUT2D eigenvalue weighted by Gasteiger charge is -2.63. The van der Waals surface area contributed by atoms with Gasteiger partial charge in [-0.05, 0) is 89.2 Å². The van der Waals surface area contributed by atoms with Crippen LogP contribution in [0.25, 0.3) is 0 Å². The van der Waals surface area contributed by atoms with Gasteiger partial charge in [-0.25, -0.2) is 0 Å². The van der Waals surface area contributed by atoms with Crippen molar-refractivity contribution < 1.29 is 53.8 Å². The van der Waals surface area contributed by atoms with Crippen LogP contribution in [0.15, 0.2) is 11.6 Å². The molecule has 10 atom stereocenters. The highest BCUT2D eigenvalue weighted by atomic mass is 16.6. The van der Waals surface area contributed by atoms with Gasteiger partial charge in [-0.1, -0.05) is 13.8 Å². The van der Waals surface area contributed by atoms with Crippen molar-refractivity contribution in [1.29, 1.82) is 0 Å². The van der Waals surface area contributed by atoms with Gasteiger partial charge in [-0.3, -0.25) is 19.2 Å². The maximum absolute atomic E-state index is 13.9. The Morgan fingerprint density at radius 3 is 1.98 bits per heavy atom. The molecule has 44 heavy (non-hydrogen) atoms. The predicted molar refractivity (Wildman–Crippen MR) is 157 cm³/mol. The highest BCUT2D eigenvalue weighted by Gasteiger charge is 2.72. The minimum atomic E-state index is -1.93. The molecule has 0 bridgehead atoms. The van der Waals surface area contributed by atoms with E-state index in [2.05, 4.69) is 0 Å². The normalized spacial score (nSPS) is 40.4. The molecule has 4 rings (SSSR count). The number of aliphatic hydroxyl groups is 4. The number of ether oxygens (including phenoxy) is 3. The van der Waals surface area contributed by atoms with E-state index in [-0.39, 0.29) is 32.1 Å². The van der Waals surface area contributed by atoms with E-state index in [0.717, 1.165) is 0 Å². The summed E-state index contributed by atoms with van der Waals surface area (Å²) in [6, 6.07) is 0. The molecule has 4 aliphatic carbocycles. The summed E-state index contributed by atoms with van der Waals surface area (Å²) in [5, 5.41) is 47.1. The van der Waals surface area contributed by atoms with Crippen molar-refractivity contribution in [3.05, 3.63) is 11.6 Å². The van der Waals surface area contributed by atoms with E-state index >= 15 is 0 Å². The topological polar surface area (TPSA) is 177 Å². The second kappa shape index (κ2) is 11.2. The summed E-state index contributed by atoms with van der Waals surface area (Å²) in [7, 11) is 0. The summed E-state index contributed by atoms with van der Waals surface area (Å²) in [5.74, 6) is -3.39. The molecule has 0 aromatic carbocycles. The van der Waals surface area contributed by atoms with E-state index in [4.69, 9.17) is 14.2 Å². The Bertz CT molecular complexity index is 1230. The molecule has 0 spiro atoms. The Balaban J connectivity index is 1.73. The molecule has 3 fully saturated rings. The highest BCUT2D eigenvalue weighted by molar-refractivity contribution is 6.00. The van der Waals surface area contributed by atoms with Gasteiger partial charge >= 0.3 is 17.9 Å². The van der Waals surface area contributed by atoms with Crippen LogP contribution in [0.1, 0.15) is 107 Å². The molecule has 4 aliphatic rings. The van der Waals surface area contributed by atoms with Crippen LogP contribution in [0.4, 0.5) is 0 Å². The quantitative estimate of drug-likeness (QED) is 0.231. The van der Waals surface area contributed by atoms with Crippen LogP contribution < -0.4 is 0 Å². The zero-order chi connectivity index (χ0) is 33.3. The van der Waals surface area contributed by atoms with Gasteiger partial charge in [0, 0.05) is 38.0 Å². The lowest BCUT2D eigenvalue weighted by atomic mass is 9.44. The molecule has 4 N–H and O–H groups in total. The molecule has 248 valence electrons. The van der Waals surface area contributed by atoms with Crippen molar-refractivity contribution in [2.75, 3.05) is 0 Å². The number of hydrogen-bond donors (Lipinski definition) is 4. The Morgan fingerprint density at radius 2 is 1.45 bits per heavy atom. The second-order valence-corrected chi connectivity index (χ2v) is 15.1. The largest absolute Gasteiger partial charge is 0.459 e. The van der Waals surface area contributed by atoms with Crippen molar-refractivity contribution in [2.24, 2.45) is 22.7 Å². The number of ketones is 1. The fraction of sp³-hybridized carbons (Fsp3) is 0.818. The first kappa shape index (κ1) is 34.5. The fourth-order valence-corrected chi connectivity index (χ4v) is 9.30. The Kier molecular flexibility index (Phi) is 8.77. The number of hydrogen-bond acceptors (Lipinski definition) is 11.